The van der Waals surface area contributed by atoms with E-state index in [1.54, 1.807) is 35.4 Å². The lowest BCUT2D eigenvalue weighted by Gasteiger charge is -2.30. The van der Waals surface area contributed by atoms with Gasteiger partial charge in [-0.25, -0.2) is 9.37 Å². The Bertz CT molecular complexity index is 1580. The fourth-order valence-corrected chi connectivity index (χ4v) is 5.97. The minimum absolute atomic E-state index is 0.0634. The predicted molar refractivity (Wildman–Crippen MR) is 138 cm³/mol. The summed E-state index contributed by atoms with van der Waals surface area (Å²) in [5.41, 5.74) is 2.79. The van der Waals surface area contributed by atoms with Crippen molar-refractivity contribution in [3.63, 3.8) is 0 Å². The summed E-state index contributed by atoms with van der Waals surface area (Å²) in [6.07, 6.45) is 2.87. The number of piperidine rings is 1. The zero-order chi connectivity index (χ0) is 27.3. The molecule has 0 spiro atoms. The molecule has 10 nitrogen and oxygen atoms in total. The number of amides is 4. The molecule has 0 aliphatic carbocycles. The Hall–Kier alpha value is -4.32. The van der Waals surface area contributed by atoms with Crippen LogP contribution in [0.1, 0.15) is 36.4 Å². The molecule has 2 aromatic heterocycles. The minimum Gasteiger partial charge on any atom is -0.360 e. The van der Waals surface area contributed by atoms with Gasteiger partial charge < -0.3 is 4.90 Å². The van der Waals surface area contributed by atoms with E-state index in [0.717, 1.165) is 22.1 Å². The van der Waals surface area contributed by atoms with Gasteiger partial charge in [0.15, 0.2) is 5.82 Å². The third-order valence-corrected chi connectivity index (χ3v) is 7.81. The number of nitrogens with one attached hydrogen (secondary N) is 1. The van der Waals surface area contributed by atoms with Crippen molar-refractivity contribution >= 4 is 35.2 Å². The van der Waals surface area contributed by atoms with Crippen LogP contribution in [0.5, 0.6) is 0 Å². The normalized spacial score (nSPS) is 19.6. The topological polar surface area (TPSA) is 125 Å². The van der Waals surface area contributed by atoms with E-state index in [1.165, 1.54) is 0 Å². The number of imide groups is 2. The lowest BCUT2D eigenvalue weighted by Crippen LogP contribution is -2.55. The molecule has 0 saturated carbocycles. The van der Waals surface area contributed by atoms with Crippen molar-refractivity contribution in [3.05, 3.63) is 64.3 Å². The van der Waals surface area contributed by atoms with E-state index in [2.05, 4.69) is 19.7 Å². The Labute approximate surface area is 226 Å². The summed E-state index contributed by atoms with van der Waals surface area (Å²) < 4.78 is 19.9. The molecule has 3 aliphatic rings. The molecule has 39 heavy (non-hydrogen) atoms. The largest absolute Gasteiger partial charge is 0.360 e. The predicted octanol–water partition coefficient (Wildman–Crippen LogP) is 2.74. The minimum atomic E-state index is -1.01. The number of aryl methyl sites for hydroxylation is 1. The van der Waals surface area contributed by atoms with Crippen molar-refractivity contribution in [2.45, 2.75) is 45.2 Å². The highest BCUT2D eigenvalue weighted by atomic mass is 32.1. The molecule has 0 bridgehead atoms. The highest BCUT2D eigenvalue weighted by molar-refractivity contribution is 7.05. The molecule has 1 unspecified atom stereocenters. The number of hydrogen-bond acceptors (Lipinski definition) is 9. The second-order valence-corrected chi connectivity index (χ2v) is 10.5. The van der Waals surface area contributed by atoms with Crippen molar-refractivity contribution in [1.82, 2.24) is 29.5 Å². The molecule has 1 fully saturated rings. The molecule has 12 heteroatoms. The second kappa shape index (κ2) is 9.77. The first-order chi connectivity index (χ1) is 18.8. The maximum Gasteiger partial charge on any atom is 0.278 e. The van der Waals surface area contributed by atoms with Gasteiger partial charge in [0.25, 0.3) is 11.8 Å². The number of halogens is 1. The van der Waals surface area contributed by atoms with Crippen LogP contribution in [-0.2, 0) is 25.7 Å². The SMILES string of the molecule is Cc1cc(-c2cccc(-c3nsc(CN4CCCC5=C4C(=O)N(C4CCC(=O)NC4=O)C5=O)n3)c2F)ccn1. The van der Waals surface area contributed by atoms with Gasteiger partial charge >= 0.3 is 0 Å². The van der Waals surface area contributed by atoms with Gasteiger partial charge in [0.1, 0.15) is 22.6 Å². The fourth-order valence-electron chi connectivity index (χ4n) is 5.29. The summed E-state index contributed by atoms with van der Waals surface area (Å²) in [5, 5.41) is 2.77. The molecule has 1 N–H and O–H groups in total. The second-order valence-electron chi connectivity index (χ2n) is 9.66. The fraction of sp³-hybridized carbons (Fsp3) is 0.296. The summed E-state index contributed by atoms with van der Waals surface area (Å²) in [4.78, 5) is 62.0. The quantitative estimate of drug-likeness (QED) is 0.485. The highest BCUT2D eigenvalue weighted by Crippen LogP contribution is 2.36. The van der Waals surface area contributed by atoms with Crippen molar-refractivity contribution in [2.24, 2.45) is 0 Å². The lowest BCUT2D eigenvalue weighted by molar-refractivity contribution is -0.150. The van der Waals surface area contributed by atoms with Crippen LogP contribution < -0.4 is 5.32 Å². The highest BCUT2D eigenvalue weighted by Gasteiger charge is 2.48. The maximum absolute atomic E-state index is 15.5. The smallest absolute Gasteiger partial charge is 0.278 e. The van der Waals surface area contributed by atoms with E-state index in [9.17, 15) is 19.2 Å². The summed E-state index contributed by atoms with van der Waals surface area (Å²) in [7, 11) is 0. The van der Waals surface area contributed by atoms with E-state index >= 15 is 4.39 Å². The van der Waals surface area contributed by atoms with Crippen LogP contribution in [0.4, 0.5) is 4.39 Å². The molecule has 1 aromatic carbocycles. The molecule has 3 aliphatic heterocycles. The monoisotopic (exact) mass is 546 g/mol. The van der Waals surface area contributed by atoms with Crippen molar-refractivity contribution in [3.8, 4) is 22.5 Å². The average Bonchev–Trinajstić information content (AvgIpc) is 3.47. The molecular weight excluding hydrogens is 523 g/mol. The van der Waals surface area contributed by atoms with Gasteiger partial charge in [-0.05, 0) is 61.5 Å². The zero-order valence-electron chi connectivity index (χ0n) is 20.9. The van der Waals surface area contributed by atoms with Crippen molar-refractivity contribution in [2.75, 3.05) is 6.54 Å². The van der Waals surface area contributed by atoms with Gasteiger partial charge in [-0.2, -0.15) is 4.37 Å². The number of nitrogens with zero attached hydrogens (tertiary/aromatic N) is 5. The van der Waals surface area contributed by atoms with Gasteiger partial charge in [0.2, 0.25) is 11.8 Å². The Balaban J connectivity index is 1.24. The van der Waals surface area contributed by atoms with E-state index in [0.29, 0.717) is 41.1 Å². The standard InChI is InChI=1S/C27H23FN6O4S/c1-14-12-15(9-10-29-14)16-4-2-5-17(22(16)28)24-31-21(39-32-24)13-33-11-3-6-18-23(33)27(38)34(26(18)37)19-7-8-20(35)30-25(19)36/h2,4-5,9-10,12,19H,3,6-8,11,13H2,1H3,(H,30,35,36). The first kappa shape index (κ1) is 25.0. The molecule has 198 valence electrons. The van der Waals surface area contributed by atoms with Gasteiger partial charge in [-0.1, -0.05) is 12.1 Å². The first-order valence-corrected chi connectivity index (χ1v) is 13.3. The van der Waals surface area contributed by atoms with Gasteiger partial charge in [0, 0.05) is 36.0 Å². The van der Waals surface area contributed by atoms with Crippen molar-refractivity contribution < 1.29 is 23.6 Å². The average molecular weight is 547 g/mol. The third-order valence-electron chi connectivity index (χ3n) is 7.12. The van der Waals surface area contributed by atoms with E-state index < -0.39 is 35.5 Å². The maximum atomic E-state index is 15.5. The summed E-state index contributed by atoms with van der Waals surface area (Å²) >= 11 is 1.10. The van der Waals surface area contributed by atoms with E-state index in [1.807, 2.05) is 13.0 Å². The number of hydrogen-bond donors (Lipinski definition) is 1. The van der Waals surface area contributed by atoms with Gasteiger partial charge in [-0.15, -0.1) is 0 Å². The number of aromatic nitrogens is 3. The molecule has 4 amide bonds. The molecule has 0 radical (unpaired) electrons. The van der Waals surface area contributed by atoms with Crippen LogP contribution in [0.3, 0.4) is 0 Å². The van der Waals surface area contributed by atoms with Crippen LogP contribution >= 0.6 is 11.5 Å². The number of carbonyl (C=O) groups is 4. The third kappa shape index (κ3) is 4.40. The Morgan fingerprint density at radius 3 is 2.72 bits per heavy atom. The van der Waals surface area contributed by atoms with Crippen LogP contribution in [0.25, 0.3) is 22.5 Å². The molecular formula is C27H23FN6O4S. The van der Waals surface area contributed by atoms with Crippen LogP contribution in [-0.4, -0.2) is 60.4 Å². The Morgan fingerprint density at radius 1 is 1.10 bits per heavy atom. The zero-order valence-corrected chi connectivity index (χ0v) is 21.8. The number of pyridine rings is 1. The van der Waals surface area contributed by atoms with Crippen LogP contribution in [0, 0.1) is 12.7 Å². The van der Waals surface area contributed by atoms with E-state index in [-0.39, 0.29) is 36.5 Å². The molecule has 3 aromatic rings. The number of benzene rings is 1. The molecule has 5 heterocycles. The Kier molecular flexibility index (Phi) is 6.26. The summed E-state index contributed by atoms with van der Waals surface area (Å²) in [6, 6.07) is 7.61. The van der Waals surface area contributed by atoms with Gasteiger partial charge in [0.05, 0.1) is 12.1 Å². The number of rotatable bonds is 5. The van der Waals surface area contributed by atoms with Crippen LogP contribution in [0.15, 0.2) is 47.8 Å². The summed E-state index contributed by atoms with van der Waals surface area (Å²) in [6.45, 7) is 2.57. The number of carbonyl (C=O) groups excluding carboxylic acids is 4. The molecule has 1 saturated heterocycles. The van der Waals surface area contributed by atoms with Gasteiger partial charge in [-0.3, -0.25) is 34.4 Å². The van der Waals surface area contributed by atoms with E-state index in [4.69, 9.17) is 0 Å². The Morgan fingerprint density at radius 2 is 1.92 bits per heavy atom. The first-order valence-electron chi connectivity index (χ1n) is 12.6. The van der Waals surface area contributed by atoms with Crippen molar-refractivity contribution in [1.29, 1.82) is 0 Å². The summed E-state index contributed by atoms with van der Waals surface area (Å²) in [5.74, 6) is -2.28. The molecule has 1 atom stereocenters. The molecule has 6 rings (SSSR count). The van der Waals surface area contributed by atoms with Crippen LogP contribution in [0.2, 0.25) is 0 Å². The lowest BCUT2D eigenvalue weighted by atomic mass is 10.0.